The fourth-order valence-corrected chi connectivity index (χ4v) is 1.76. The summed E-state index contributed by atoms with van der Waals surface area (Å²) in [4.78, 5) is 3.95. The molecule has 0 radical (unpaired) electrons. The summed E-state index contributed by atoms with van der Waals surface area (Å²) in [6.45, 7) is 1.32. The molecule has 1 aromatic heterocycles. The molecule has 0 saturated heterocycles. The van der Waals surface area contributed by atoms with Crippen LogP contribution in [0.1, 0.15) is 11.1 Å². The quantitative estimate of drug-likeness (QED) is 0.805. The average molecular weight is 283 g/mol. The van der Waals surface area contributed by atoms with Crippen LogP contribution in [0.25, 0.3) is 0 Å². The molecule has 0 aliphatic rings. The third kappa shape index (κ3) is 5.22. The molecule has 5 nitrogen and oxygen atoms in total. The van der Waals surface area contributed by atoms with Crippen molar-refractivity contribution in [1.29, 1.82) is 5.26 Å². The van der Waals surface area contributed by atoms with Crippen molar-refractivity contribution in [2.24, 2.45) is 0 Å². The SMILES string of the molecule is N#Cc1ccc(OCC(O)CNCc2ccncc2)cc1. The van der Waals surface area contributed by atoms with Crippen LogP contribution < -0.4 is 10.1 Å². The fourth-order valence-electron chi connectivity index (χ4n) is 1.76. The number of nitriles is 1. The van der Waals surface area contributed by atoms with E-state index in [2.05, 4.69) is 10.3 Å². The third-order valence-corrected chi connectivity index (χ3v) is 2.88. The van der Waals surface area contributed by atoms with E-state index in [0.717, 1.165) is 5.56 Å². The van der Waals surface area contributed by atoms with Gasteiger partial charge in [0.05, 0.1) is 11.6 Å². The van der Waals surface area contributed by atoms with Crippen molar-refractivity contribution in [3.05, 3.63) is 59.9 Å². The van der Waals surface area contributed by atoms with Gasteiger partial charge >= 0.3 is 0 Å². The Kier molecular flexibility index (Phi) is 5.71. The summed E-state index contributed by atoms with van der Waals surface area (Å²) < 4.78 is 5.46. The van der Waals surface area contributed by atoms with Crippen molar-refractivity contribution in [3.63, 3.8) is 0 Å². The first-order valence-corrected chi connectivity index (χ1v) is 6.68. The van der Waals surface area contributed by atoms with Gasteiger partial charge in [0, 0.05) is 25.5 Å². The van der Waals surface area contributed by atoms with Crippen molar-refractivity contribution >= 4 is 0 Å². The Morgan fingerprint density at radius 3 is 2.57 bits per heavy atom. The van der Waals surface area contributed by atoms with E-state index >= 15 is 0 Å². The van der Waals surface area contributed by atoms with Gasteiger partial charge in [0.25, 0.3) is 0 Å². The number of nitrogens with zero attached hydrogens (tertiary/aromatic N) is 2. The second-order valence-corrected chi connectivity index (χ2v) is 4.59. The summed E-state index contributed by atoms with van der Waals surface area (Å²) in [5.41, 5.74) is 1.70. The first-order valence-electron chi connectivity index (χ1n) is 6.68. The maximum atomic E-state index is 9.84. The van der Waals surface area contributed by atoms with Gasteiger partial charge in [0.1, 0.15) is 18.5 Å². The first-order chi connectivity index (χ1) is 10.3. The zero-order chi connectivity index (χ0) is 14.9. The Hall–Kier alpha value is -2.42. The Morgan fingerprint density at radius 1 is 1.19 bits per heavy atom. The van der Waals surface area contributed by atoms with E-state index in [9.17, 15) is 5.11 Å². The highest BCUT2D eigenvalue weighted by molar-refractivity contribution is 5.34. The molecule has 0 bridgehead atoms. The molecule has 1 atom stereocenters. The van der Waals surface area contributed by atoms with Crippen molar-refractivity contribution in [2.75, 3.05) is 13.2 Å². The predicted molar refractivity (Wildman–Crippen MR) is 78.6 cm³/mol. The molecular weight excluding hydrogens is 266 g/mol. The van der Waals surface area contributed by atoms with Gasteiger partial charge in [-0.1, -0.05) is 0 Å². The van der Waals surface area contributed by atoms with Crippen LogP contribution in [0.5, 0.6) is 5.75 Å². The molecule has 5 heteroatoms. The lowest BCUT2D eigenvalue weighted by Crippen LogP contribution is -2.31. The number of aliphatic hydroxyl groups is 1. The highest BCUT2D eigenvalue weighted by Gasteiger charge is 2.05. The normalized spacial score (nSPS) is 11.6. The van der Waals surface area contributed by atoms with Gasteiger partial charge in [-0.05, 0) is 42.0 Å². The zero-order valence-corrected chi connectivity index (χ0v) is 11.6. The summed E-state index contributed by atoms with van der Waals surface area (Å²) >= 11 is 0. The van der Waals surface area contributed by atoms with Crippen molar-refractivity contribution in [3.8, 4) is 11.8 Å². The van der Waals surface area contributed by atoms with Crippen LogP contribution in [0.3, 0.4) is 0 Å². The van der Waals surface area contributed by atoms with E-state index in [1.807, 2.05) is 18.2 Å². The van der Waals surface area contributed by atoms with Gasteiger partial charge in [-0.25, -0.2) is 0 Å². The Balaban J connectivity index is 1.67. The fraction of sp³-hybridized carbons (Fsp3) is 0.250. The molecule has 2 rings (SSSR count). The van der Waals surface area contributed by atoms with Gasteiger partial charge in [-0.15, -0.1) is 0 Å². The van der Waals surface area contributed by atoms with Crippen LogP contribution in [-0.2, 0) is 6.54 Å². The van der Waals surface area contributed by atoms with Crippen molar-refractivity contribution in [2.45, 2.75) is 12.6 Å². The van der Waals surface area contributed by atoms with Gasteiger partial charge in [-0.3, -0.25) is 4.98 Å². The Bertz CT molecular complexity index is 579. The van der Waals surface area contributed by atoms with Crippen molar-refractivity contribution in [1.82, 2.24) is 10.3 Å². The molecule has 1 aromatic carbocycles. The number of aromatic nitrogens is 1. The highest BCUT2D eigenvalue weighted by Crippen LogP contribution is 2.11. The van der Waals surface area contributed by atoms with Gasteiger partial charge < -0.3 is 15.2 Å². The predicted octanol–water partition coefficient (Wildman–Crippen LogP) is 1.48. The van der Waals surface area contributed by atoms with E-state index in [1.54, 1.807) is 36.7 Å². The molecule has 1 unspecified atom stereocenters. The number of ether oxygens (including phenoxy) is 1. The van der Waals surface area contributed by atoms with Crippen LogP contribution in [0, 0.1) is 11.3 Å². The monoisotopic (exact) mass is 283 g/mol. The molecule has 1 heterocycles. The number of aliphatic hydroxyl groups excluding tert-OH is 1. The summed E-state index contributed by atoms with van der Waals surface area (Å²) in [6, 6.07) is 12.7. The van der Waals surface area contributed by atoms with Crippen LogP contribution in [0.2, 0.25) is 0 Å². The van der Waals surface area contributed by atoms with Gasteiger partial charge in [0.2, 0.25) is 0 Å². The molecule has 2 N–H and O–H groups in total. The number of hydrogen-bond acceptors (Lipinski definition) is 5. The topological polar surface area (TPSA) is 78.2 Å². The molecule has 21 heavy (non-hydrogen) atoms. The van der Waals surface area contributed by atoms with Crippen molar-refractivity contribution < 1.29 is 9.84 Å². The van der Waals surface area contributed by atoms with E-state index in [4.69, 9.17) is 10.00 Å². The molecule has 0 amide bonds. The lowest BCUT2D eigenvalue weighted by atomic mass is 10.2. The van der Waals surface area contributed by atoms with Crippen LogP contribution in [0.15, 0.2) is 48.8 Å². The van der Waals surface area contributed by atoms with Gasteiger partial charge in [-0.2, -0.15) is 5.26 Å². The first kappa shape index (κ1) is 15.0. The average Bonchev–Trinajstić information content (AvgIpc) is 2.54. The highest BCUT2D eigenvalue weighted by atomic mass is 16.5. The molecule has 0 spiro atoms. The lowest BCUT2D eigenvalue weighted by molar-refractivity contribution is 0.106. The largest absolute Gasteiger partial charge is 0.491 e. The number of nitrogens with one attached hydrogen (secondary N) is 1. The van der Waals surface area contributed by atoms with Crippen LogP contribution in [0.4, 0.5) is 0 Å². The molecule has 2 aromatic rings. The molecule has 0 saturated carbocycles. The van der Waals surface area contributed by atoms with E-state index in [-0.39, 0.29) is 6.61 Å². The third-order valence-electron chi connectivity index (χ3n) is 2.88. The second kappa shape index (κ2) is 8.00. The number of rotatable bonds is 7. The van der Waals surface area contributed by atoms with E-state index in [0.29, 0.717) is 24.4 Å². The number of hydrogen-bond donors (Lipinski definition) is 2. The molecule has 0 aliphatic heterocycles. The minimum atomic E-state index is -0.595. The molecule has 0 fully saturated rings. The Labute approximate surface area is 123 Å². The number of pyridine rings is 1. The molecule has 108 valence electrons. The maximum absolute atomic E-state index is 9.84. The van der Waals surface area contributed by atoms with E-state index in [1.165, 1.54) is 0 Å². The summed E-state index contributed by atoms with van der Waals surface area (Å²) in [6.07, 6.45) is 2.88. The summed E-state index contributed by atoms with van der Waals surface area (Å²) in [5.74, 6) is 0.641. The van der Waals surface area contributed by atoms with Crippen LogP contribution >= 0.6 is 0 Å². The minimum Gasteiger partial charge on any atom is -0.491 e. The molecular formula is C16H17N3O2. The maximum Gasteiger partial charge on any atom is 0.119 e. The van der Waals surface area contributed by atoms with Gasteiger partial charge in [0.15, 0.2) is 0 Å². The van der Waals surface area contributed by atoms with Crippen LogP contribution in [-0.4, -0.2) is 29.3 Å². The smallest absolute Gasteiger partial charge is 0.119 e. The summed E-state index contributed by atoms with van der Waals surface area (Å²) in [5, 5.41) is 21.7. The second-order valence-electron chi connectivity index (χ2n) is 4.59. The standard InChI is InChI=1S/C16H17N3O2/c17-9-13-1-3-16(4-2-13)21-12-15(20)11-19-10-14-5-7-18-8-6-14/h1-8,15,19-20H,10-12H2. The van der Waals surface area contributed by atoms with E-state index < -0.39 is 6.10 Å². The minimum absolute atomic E-state index is 0.204. The number of benzene rings is 1. The Morgan fingerprint density at radius 2 is 1.90 bits per heavy atom. The molecule has 0 aliphatic carbocycles. The summed E-state index contributed by atoms with van der Waals surface area (Å²) in [7, 11) is 0. The lowest BCUT2D eigenvalue weighted by Gasteiger charge is -2.13. The zero-order valence-electron chi connectivity index (χ0n) is 11.6.